The largest absolute Gasteiger partial charge is 0.444 e. The van der Waals surface area contributed by atoms with Crippen LogP contribution in [0.25, 0.3) is 0 Å². The van der Waals surface area contributed by atoms with Gasteiger partial charge in [-0.3, -0.25) is 5.32 Å². The normalized spacial score (nSPS) is 22.8. The van der Waals surface area contributed by atoms with E-state index in [1.807, 2.05) is 40.0 Å². The molecule has 1 amide bonds. The molecule has 1 heterocycles. The van der Waals surface area contributed by atoms with E-state index < -0.39 is 17.6 Å². The number of carbonyl (C=O) groups excluding carboxylic acids is 1. The molecular formula is C21H30F2N2O2. The molecule has 1 atom stereocenters. The molecule has 4 nitrogen and oxygen atoms in total. The van der Waals surface area contributed by atoms with E-state index in [0.717, 1.165) is 37.1 Å². The predicted molar refractivity (Wildman–Crippen MR) is 102 cm³/mol. The Morgan fingerprint density at radius 1 is 1.33 bits per heavy atom. The van der Waals surface area contributed by atoms with Crippen LogP contribution in [0.2, 0.25) is 0 Å². The van der Waals surface area contributed by atoms with Gasteiger partial charge in [0.1, 0.15) is 5.60 Å². The average molecular weight is 380 g/mol. The first kappa shape index (κ1) is 20.1. The number of ether oxygens (including phenoxy) is 1. The minimum absolute atomic E-state index is 0.0235. The first-order chi connectivity index (χ1) is 12.5. The molecule has 150 valence electrons. The fraction of sp³-hybridized carbons (Fsp3) is 0.667. The van der Waals surface area contributed by atoms with Crippen LogP contribution in [0.4, 0.5) is 19.3 Å². The van der Waals surface area contributed by atoms with Gasteiger partial charge in [0.05, 0.1) is 0 Å². The summed E-state index contributed by atoms with van der Waals surface area (Å²) in [6.45, 7) is 7.11. The van der Waals surface area contributed by atoms with Gasteiger partial charge in [-0.15, -0.1) is 0 Å². The molecule has 27 heavy (non-hydrogen) atoms. The van der Waals surface area contributed by atoms with Crippen LogP contribution >= 0.6 is 0 Å². The summed E-state index contributed by atoms with van der Waals surface area (Å²) in [5.74, 6) is -2.76. The first-order valence-electron chi connectivity index (χ1n) is 9.74. The second-order valence-corrected chi connectivity index (χ2v) is 8.97. The Morgan fingerprint density at radius 3 is 2.74 bits per heavy atom. The van der Waals surface area contributed by atoms with Crippen molar-refractivity contribution in [3.05, 3.63) is 28.8 Å². The number of hydrogen-bond acceptors (Lipinski definition) is 3. The Morgan fingerprint density at radius 2 is 2.07 bits per heavy atom. The van der Waals surface area contributed by atoms with Gasteiger partial charge in [-0.25, -0.2) is 13.6 Å². The van der Waals surface area contributed by atoms with Crippen molar-refractivity contribution in [2.45, 2.75) is 76.9 Å². The maximum absolute atomic E-state index is 14.0. The number of likely N-dealkylation sites (N-methyl/N-ethyl adjacent to an activating group) is 1. The molecule has 1 aliphatic heterocycles. The molecule has 2 aliphatic rings. The summed E-state index contributed by atoms with van der Waals surface area (Å²) in [7, 11) is 2.05. The van der Waals surface area contributed by atoms with Crippen molar-refractivity contribution >= 4 is 11.8 Å². The summed E-state index contributed by atoms with van der Waals surface area (Å²) < 4.78 is 33.4. The van der Waals surface area contributed by atoms with Gasteiger partial charge in [0.25, 0.3) is 0 Å². The van der Waals surface area contributed by atoms with Crippen LogP contribution in [0.5, 0.6) is 0 Å². The lowest BCUT2D eigenvalue weighted by molar-refractivity contribution is -0.0409. The zero-order valence-corrected chi connectivity index (χ0v) is 16.7. The number of fused-ring (bicyclic) bond motifs is 1. The second-order valence-electron chi connectivity index (χ2n) is 8.97. The lowest BCUT2D eigenvalue weighted by Gasteiger charge is -2.34. The summed E-state index contributed by atoms with van der Waals surface area (Å²) in [4.78, 5) is 14.4. The molecule has 0 spiro atoms. The van der Waals surface area contributed by atoms with Crippen LogP contribution in [-0.4, -0.2) is 36.1 Å². The van der Waals surface area contributed by atoms with Crippen LogP contribution in [0.15, 0.2) is 12.1 Å². The smallest absolute Gasteiger partial charge is 0.412 e. The average Bonchev–Trinajstić information content (AvgIpc) is 2.50. The Kier molecular flexibility index (Phi) is 5.48. The third kappa shape index (κ3) is 5.18. The standard InChI is InChI=1S/C21H30F2N2O2/c1-20(2,3)27-19(26)24-16-10-15-13-25(4)9-7-17(15)18(11-16)14-6-5-8-21(22,23)12-14/h10-11,14H,5-9,12-13H2,1-4H3,(H,24,26). The van der Waals surface area contributed by atoms with E-state index >= 15 is 0 Å². The minimum atomic E-state index is -2.60. The van der Waals surface area contributed by atoms with E-state index in [4.69, 9.17) is 4.74 Å². The number of benzene rings is 1. The lowest BCUT2D eigenvalue weighted by Crippen LogP contribution is -2.31. The van der Waals surface area contributed by atoms with E-state index in [2.05, 4.69) is 10.2 Å². The third-order valence-electron chi connectivity index (χ3n) is 5.29. The van der Waals surface area contributed by atoms with Crippen molar-refractivity contribution in [2.75, 3.05) is 18.9 Å². The topological polar surface area (TPSA) is 41.6 Å². The van der Waals surface area contributed by atoms with E-state index in [1.165, 1.54) is 5.56 Å². The summed E-state index contributed by atoms with van der Waals surface area (Å²) in [5, 5.41) is 2.80. The van der Waals surface area contributed by atoms with Crippen molar-refractivity contribution in [3.63, 3.8) is 0 Å². The molecule has 3 rings (SSSR count). The predicted octanol–water partition coefficient (Wildman–Crippen LogP) is 5.31. The summed E-state index contributed by atoms with van der Waals surface area (Å²) in [6.07, 6.45) is 1.52. The molecule has 1 fully saturated rings. The lowest BCUT2D eigenvalue weighted by atomic mass is 9.78. The number of hydrogen-bond donors (Lipinski definition) is 1. The highest BCUT2D eigenvalue weighted by molar-refractivity contribution is 5.85. The number of nitrogens with zero attached hydrogens (tertiary/aromatic N) is 1. The molecule has 0 bridgehead atoms. The number of halogens is 2. The fourth-order valence-electron chi connectivity index (χ4n) is 4.17. The molecule has 0 saturated heterocycles. The van der Waals surface area contributed by atoms with Crippen LogP contribution in [0.3, 0.4) is 0 Å². The molecule has 1 saturated carbocycles. The number of amides is 1. The van der Waals surface area contributed by atoms with E-state index in [0.29, 0.717) is 12.1 Å². The van der Waals surface area contributed by atoms with Gasteiger partial charge in [0.15, 0.2) is 0 Å². The van der Waals surface area contributed by atoms with Crippen molar-refractivity contribution in [1.82, 2.24) is 4.90 Å². The maximum atomic E-state index is 14.0. The fourth-order valence-corrected chi connectivity index (χ4v) is 4.17. The summed E-state index contributed by atoms with van der Waals surface area (Å²) in [6, 6.07) is 3.85. The quantitative estimate of drug-likeness (QED) is 0.755. The van der Waals surface area contributed by atoms with E-state index in [1.54, 1.807) is 0 Å². The molecule has 1 aromatic rings. The molecular weight excluding hydrogens is 350 g/mol. The molecule has 1 aromatic carbocycles. The first-order valence-corrected chi connectivity index (χ1v) is 9.74. The monoisotopic (exact) mass is 380 g/mol. The SMILES string of the molecule is CN1CCc2c(cc(NC(=O)OC(C)(C)C)cc2C2CCCC(F)(F)C2)C1. The number of rotatable bonds is 2. The number of carbonyl (C=O) groups is 1. The van der Waals surface area contributed by atoms with Crippen molar-refractivity contribution in [3.8, 4) is 0 Å². The van der Waals surface area contributed by atoms with Gasteiger partial charge in [0.2, 0.25) is 5.92 Å². The van der Waals surface area contributed by atoms with E-state index in [-0.39, 0.29) is 18.8 Å². The van der Waals surface area contributed by atoms with Gasteiger partial charge >= 0.3 is 6.09 Å². The van der Waals surface area contributed by atoms with E-state index in [9.17, 15) is 13.6 Å². The van der Waals surface area contributed by atoms with Gasteiger partial charge in [-0.2, -0.15) is 0 Å². The molecule has 6 heteroatoms. The maximum Gasteiger partial charge on any atom is 0.412 e. The minimum Gasteiger partial charge on any atom is -0.444 e. The highest BCUT2D eigenvalue weighted by Crippen LogP contribution is 2.44. The summed E-state index contributed by atoms with van der Waals surface area (Å²) in [5.41, 5.74) is 3.31. The molecule has 1 N–H and O–H groups in total. The van der Waals surface area contributed by atoms with Crippen LogP contribution < -0.4 is 5.32 Å². The Hall–Kier alpha value is -1.69. The highest BCUT2D eigenvalue weighted by Gasteiger charge is 2.38. The number of anilines is 1. The molecule has 1 unspecified atom stereocenters. The highest BCUT2D eigenvalue weighted by atomic mass is 19.3. The Bertz CT molecular complexity index is 713. The van der Waals surface area contributed by atoms with Crippen LogP contribution in [0.1, 0.15) is 69.1 Å². The van der Waals surface area contributed by atoms with Gasteiger partial charge < -0.3 is 9.64 Å². The van der Waals surface area contributed by atoms with Crippen molar-refractivity contribution < 1.29 is 18.3 Å². The summed E-state index contributed by atoms with van der Waals surface area (Å²) >= 11 is 0. The Balaban J connectivity index is 1.91. The zero-order valence-electron chi connectivity index (χ0n) is 16.7. The third-order valence-corrected chi connectivity index (χ3v) is 5.29. The Labute approximate surface area is 160 Å². The number of alkyl halides is 2. The second kappa shape index (κ2) is 7.38. The van der Waals surface area contributed by atoms with Gasteiger partial charge in [-0.1, -0.05) is 0 Å². The van der Waals surface area contributed by atoms with Crippen LogP contribution in [0, 0.1) is 0 Å². The molecule has 0 radical (unpaired) electrons. The van der Waals surface area contributed by atoms with Crippen molar-refractivity contribution in [1.29, 1.82) is 0 Å². The van der Waals surface area contributed by atoms with Gasteiger partial charge in [-0.05, 0) is 81.8 Å². The molecule has 1 aliphatic carbocycles. The van der Waals surface area contributed by atoms with Gasteiger partial charge in [0, 0.05) is 31.6 Å². The number of nitrogens with one attached hydrogen (secondary N) is 1. The van der Waals surface area contributed by atoms with Crippen molar-refractivity contribution in [2.24, 2.45) is 0 Å². The van der Waals surface area contributed by atoms with Crippen LogP contribution in [-0.2, 0) is 17.7 Å². The zero-order chi connectivity index (χ0) is 19.8. The molecule has 0 aromatic heterocycles.